The van der Waals surface area contributed by atoms with Crippen molar-refractivity contribution in [2.45, 2.75) is 96.8 Å². The Kier molecular flexibility index (Phi) is 16.2. The van der Waals surface area contributed by atoms with Crippen LogP contribution >= 0.6 is 0 Å². The predicted octanol–water partition coefficient (Wildman–Crippen LogP) is 6.76. The van der Waals surface area contributed by atoms with Crippen LogP contribution in [0.25, 0.3) is 0 Å². The minimum absolute atomic E-state index is 0.780. The maximum absolute atomic E-state index is 3.88. The van der Waals surface area contributed by atoms with E-state index in [0.717, 1.165) is 31.6 Å². The van der Waals surface area contributed by atoms with Gasteiger partial charge in [0.15, 0.2) is 0 Å². The van der Waals surface area contributed by atoms with E-state index in [-0.39, 0.29) is 0 Å². The highest BCUT2D eigenvalue weighted by Crippen LogP contribution is 2.14. The van der Waals surface area contributed by atoms with E-state index in [1.807, 2.05) is 0 Å². The van der Waals surface area contributed by atoms with Crippen LogP contribution in [-0.4, -0.2) is 0 Å². The molecule has 0 nitrogen and oxygen atoms in total. The molecule has 0 heteroatoms. The number of hydrogen-bond acceptors (Lipinski definition) is 0. The third-order valence-electron chi connectivity index (χ3n) is 3.82. The van der Waals surface area contributed by atoms with Gasteiger partial charge in [-0.15, -0.1) is 11.8 Å². The highest BCUT2D eigenvalue weighted by atomic mass is 14.0. The van der Waals surface area contributed by atoms with Crippen LogP contribution in [0.5, 0.6) is 0 Å². The monoisotopic (exact) mass is 276 g/mol. The van der Waals surface area contributed by atoms with Gasteiger partial charge in [-0.25, -0.2) is 0 Å². The average molecular weight is 277 g/mol. The van der Waals surface area contributed by atoms with Crippen molar-refractivity contribution in [2.24, 2.45) is 5.92 Å². The second-order valence-corrected chi connectivity index (χ2v) is 6.09. The summed E-state index contributed by atoms with van der Waals surface area (Å²) in [6, 6.07) is 0. The first-order chi connectivity index (χ1) is 9.81. The van der Waals surface area contributed by atoms with E-state index < -0.39 is 0 Å². The molecular formula is C20H36. The van der Waals surface area contributed by atoms with Gasteiger partial charge in [-0.2, -0.15) is 0 Å². The topological polar surface area (TPSA) is 0 Å². The molecule has 1 unspecified atom stereocenters. The van der Waals surface area contributed by atoms with E-state index >= 15 is 0 Å². The van der Waals surface area contributed by atoms with Crippen molar-refractivity contribution in [3.05, 3.63) is 13.8 Å². The van der Waals surface area contributed by atoms with Crippen molar-refractivity contribution < 1.29 is 0 Å². The fraction of sp³-hybridized carbons (Fsp3) is 0.800. The predicted molar refractivity (Wildman–Crippen MR) is 92.3 cm³/mol. The van der Waals surface area contributed by atoms with Gasteiger partial charge in [0, 0.05) is 12.8 Å². The van der Waals surface area contributed by atoms with Crippen LogP contribution in [0.1, 0.15) is 96.8 Å². The summed E-state index contributed by atoms with van der Waals surface area (Å²) < 4.78 is 0. The first-order valence-electron chi connectivity index (χ1n) is 8.85. The first kappa shape index (κ1) is 19.6. The Morgan fingerprint density at radius 3 is 1.90 bits per heavy atom. The number of rotatable bonds is 13. The standard InChI is InChI=1S/C20H36/c1-4-6-8-10-12-14-16-18-20(3)19-17-15-13-11-9-7-5-2/h20H,1-2,4-14,16,18-19H2,3H3. The second-order valence-electron chi connectivity index (χ2n) is 6.09. The zero-order chi connectivity index (χ0) is 14.9. The van der Waals surface area contributed by atoms with Crippen LogP contribution in [0, 0.1) is 31.6 Å². The van der Waals surface area contributed by atoms with Gasteiger partial charge in [-0.05, 0) is 18.8 Å². The maximum Gasteiger partial charge on any atom is 0.0114 e. The van der Waals surface area contributed by atoms with E-state index in [1.165, 1.54) is 64.2 Å². The molecule has 0 bridgehead atoms. The van der Waals surface area contributed by atoms with Gasteiger partial charge >= 0.3 is 0 Å². The van der Waals surface area contributed by atoms with Crippen LogP contribution in [0.4, 0.5) is 0 Å². The van der Waals surface area contributed by atoms with Gasteiger partial charge in [0.2, 0.25) is 0 Å². The zero-order valence-corrected chi connectivity index (χ0v) is 13.9. The summed E-state index contributed by atoms with van der Waals surface area (Å²) in [7, 11) is 0. The second kappa shape index (κ2) is 16.6. The SMILES string of the molecule is [CH2]CCCCCC#CCC(C)CCCCCCCC[CH2]. The summed E-state index contributed by atoms with van der Waals surface area (Å²) in [6.45, 7) is 10.1. The Morgan fingerprint density at radius 2 is 1.25 bits per heavy atom. The quantitative estimate of drug-likeness (QED) is 0.257. The largest absolute Gasteiger partial charge is 0.103 e. The molecule has 0 aromatic carbocycles. The van der Waals surface area contributed by atoms with Gasteiger partial charge in [-0.1, -0.05) is 85.0 Å². The van der Waals surface area contributed by atoms with Crippen molar-refractivity contribution in [2.75, 3.05) is 0 Å². The summed E-state index contributed by atoms with van der Waals surface area (Å²) in [5.41, 5.74) is 0. The molecule has 0 fully saturated rings. The van der Waals surface area contributed by atoms with Gasteiger partial charge < -0.3 is 0 Å². The third kappa shape index (κ3) is 15.6. The lowest BCUT2D eigenvalue weighted by Crippen LogP contribution is -1.93. The summed E-state index contributed by atoms with van der Waals surface area (Å²) in [4.78, 5) is 0. The van der Waals surface area contributed by atoms with Crippen LogP contribution in [0.3, 0.4) is 0 Å². The Labute approximate surface area is 129 Å². The fourth-order valence-corrected chi connectivity index (χ4v) is 2.38. The molecule has 0 heterocycles. The molecule has 0 aliphatic heterocycles. The van der Waals surface area contributed by atoms with E-state index in [0.29, 0.717) is 0 Å². The molecular weight excluding hydrogens is 240 g/mol. The highest BCUT2D eigenvalue weighted by molar-refractivity contribution is 4.99. The van der Waals surface area contributed by atoms with E-state index in [1.54, 1.807) is 0 Å². The Hall–Kier alpha value is -0.440. The van der Waals surface area contributed by atoms with Gasteiger partial charge in [-0.3, -0.25) is 0 Å². The molecule has 0 aliphatic rings. The maximum atomic E-state index is 3.88. The number of hydrogen-bond donors (Lipinski definition) is 0. The normalized spacial score (nSPS) is 11.9. The minimum atomic E-state index is 0.780. The van der Waals surface area contributed by atoms with Crippen molar-refractivity contribution in [1.29, 1.82) is 0 Å². The Balaban J connectivity index is 3.27. The van der Waals surface area contributed by atoms with Crippen molar-refractivity contribution in [3.63, 3.8) is 0 Å². The molecule has 0 saturated heterocycles. The van der Waals surface area contributed by atoms with Crippen molar-refractivity contribution in [1.82, 2.24) is 0 Å². The van der Waals surface area contributed by atoms with Crippen LogP contribution in [-0.2, 0) is 0 Å². The first-order valence-corrected chi connectivity index (χ1v) is 8.85. The minimum Gasteiger partial charge on any atom is -0.103 e. The summed E-state index contributed by atoms with van der Waals surface area (Å²) >= 11 is 0. The third-order valence-corrected chi connectivity index (χ3v) is 3.82. The lowest BCUT2D eigenvalue weighted by Gasteiger charge is -2.07. The molecule has 0 aromatic heterocycles. The van der Waals surface area contributed by atoms with Crippen LogP contribution in [0.15, 0.2) is 0 Å². The Morgan fingerprint density at radius 1 is 0.700 bits per heavy atom. The molecule has 116 valence electrons. The van der Waals surface area contributed by atoms with Gasteiger partial charge in [0.05, 0.1) is 0 Å². The lowest BCUT2D eigenvalue weighted by molar-refractivity contribution is 0.490. The van der Waals surface area contributed by atoms with Crippen LogP contribution in [0.2, 0.25) is 0 Å². The summed E-state index contributed by atoms with van der Waals surface area (Å²) in [6.07, 6.45) is 17.8. The smallest absolute Gasteiger partial charge is 0.0114 e. The van der Waals surface area contributed by atoms with Gasteiger partial charge in [0.1, 0.15) is 0 Å². The molecule has 0 N–H and O–H groups in total. The molecule has 1 atom stereocenters. The average Bonchev–Trinajstić information content (AvgIpc) is 2.45. The molecule has 0 rings (SSSR count). The van der Waals surface area contributed by atoms with Gasteiger partial charge in [0.25, 0.3) is 0 Å². The van der Waals surface area contributed by atoms with Crippen molar-refractivity contribution in [3.8, 4) is 11.8 Å². The van der Waals surface area contributed by atoms with E-state index in [9.17, 15) is 0 Å². The lowest BCUT2D eigenvalue weighted by atomic mass is 9.99. The highest BCUT2D eigenvalue weighted by Gasteiger charge is 1.99. The number of unbranched alkanes of at least 4 members (excludes halogenated alkanes) is 10. The van der Waals surface area contributed by atoms with Crippen molar-refractivity contribution >= 4 is 0 Å². The molecule has 0 spiro atoms. The summed E-state index contributed by atoms with van der Waals surface area (Å²) in [5, 5.41) is 0. The van der Waals surface area contributed by atoms with E-state index in [4.69, 9.17) is 0 Å². The Bertz CT molecular complexity index is 230. The zero-order valence-electron chi connectivity index (χ0n) is 13.9. The summed E-state index contributed by atoms with van der Waals surface area (Å²) in [5.74, 6) is 7.46. The molecule has 0 aromatic rings. The van der Waals surface area contributed by atoms with Crippen LogP contribution < -0.4 is 0 Å². The molecule has 20 heavy (non-hydrogen) atoms. The molecule has 2 radical (unpaired) electrons. The fourth-order valence-electron chi connectivity index (χ4n) is 2.38. The molecule has 0 saturated carbocycles. The molecule has 0 amide bonds. The molecule has 0 aliphatic carbocycles. The van der Waals surface area contributed by atoms with E-state index in [2.05, 4.69) is 32.6 Å².